The molecule has 0 heterocycles. The van der Waals surface area contributed by atoms with Crippen LogP contribution in [0.4, 0.5) is 5.69 Å². The molecule has 29 heavy (non-hydrogen) atoms. The highest BCUT2D eigenvalue weighted by atomic mass is 16.4. The number of hydrogen-bond donors (Lipinski definition) is 2. The number of carbonyl (C=O) groups excluding carboxylic acids is 3. The molecule has 2 aromatic carbocycles. The van der Waals surface area contributed by atoms with Crippen LogP contribution in [0.5, 0.6) is 0 Å². The number of hydrogen-bond acceptors (Lipinski definition) is 4. The molecular formula is C23H21NO5. The van der Waals surface area contributed by atoms with Gasteiger partial charge in [0.25, 0.3) is 0 Å². The first-order valence-electron chi connectivity index (χ1n) is 9.73. The third-order valence-corrected chi connectivity index (χ3v) is 5.93. The highest BCUT2D eigenvalue weighted by molar-refractivity contribution is 6.28. The largest absolute Gasteiger partial charge is 0.481 e. The highest BCUT2D eigenvalue weighted by Gasteiger charge is 2.38. The van der Waals surface area contributed by atoms with Crippen LogP contribution in [0.25, 0.3) is 0 Å². The first kappa shape index (κ1) is 19.1. The highest BCUT2D eigenvalue weighted by Crippen LogP contribution is 2.44. The van der Waals surface area contributed by atoms with E-state index >= 15 is 0 Å². The summed E-state index contributed by atoms with van der Waals surface area (Å²) in [6, 6.07) is 11.4. The smallest absolute Gasteiger partial charge is 0.303 e. The average molecular weight is 391 g/mol. The molecule has 0 bridgehead atoms. The molecule has 2 aliphatic carbocycles. The zero-order valence-corrected chi connectivity index (χ0v) is 15.9. The van der Waals surface area contributed by atoms with Crippen molar-refractivity contribution in [1.29, 1.82) is 0 Å². The van der Waals surface area contributed by atoms with Crippen LogP contribution in [0.15, 0.2) is 42.5 Å². The van der Waals surface area contributed by atoms with Gasteiger partial charge in [-0.25, -0.2) is 0 Å². The van der Waals surface area contributed by atoms with E-state index in [9.17, 15) is 24.3 Å². The minimum absolute atomic E-state index is 0.0195. The number of fused-ring (bicyclic) bond motifs is 2. The molecule has 1 amide bonds. The Bertz CT molecular complexity index is 1030. The molecule has 6 nitrogen and oxygen atoms in total. The van der Waals surface area contributed by atoms with Gasteiger partial charge in [0.2, 0.25) is 5.91 Å². The number of aliphatic carboxylic acids is 1. The fourth-order valence-corrected chi connectivity index (χ4v) is 4.58. The third kappa shape index (κ3) is 3.58. The number of rotatable bonds is 5. The number of ketones is 2. The molecule has 1 fully saturated rings. The van der Waals surface area contributed by atoms with Crippen molar-refractivity contribution in [2.75, 3.05) is 5.32 Å². The van der Waals surface area contributed by atoms with Gasteiger partial charge in [-0.05, 0) is 36.5 Å². The molecule has 2 N–H and O–H groups in total. The van der Waals surface area contributed by atoms with E-state index < -0.39 is 11.4 Å². The van der Waals surface area contributed by atoms with E-state index in [1.54, 1.807) is 36.4 Å². The van der Waals surface area contributed by atoms with Crippen molar-refractivity contribution < 1.29 is 24.3 Å². The molecule has 0 unspecified atom stereocenters. The molecule has 6 heteroatoms. The number of carboxylic acids is 1. The summed E-state index contributed by atoms with van der Waals surface area (Å²) < 4.78 is 0. The van der Waals surface area contributed by atoms with Crippen LogP contribution >= 0.6 is 0 Å². The zero-order valence-electron chi connectivity index (χ0n) is 15.9. The molecule has 0 spiro atoms. The zero-order chi connectivity index (χ0) is 20.6. The van der Waals surface area contributed by atoms with Gasteiger partial charge >= 0.3 is 5.97 Å². The summed E-state index contributed by atoms with van der Waals surface area (Å²) in [5.74, 6) is -1.62. The summed E-state index contributed by atoms with van der Waals surface area (Å²) in [6.45, 7) is 0. The fourth-order valence-electron chi connectivity index (χ4n) is 4.58. The van der Waals surface area contributed by atoms with Crippen molar-refractivity contribution in [2.24, 2.45) is 5.41 Å². The molecule has 148 valence electrons. The Morgan fingerprint density at radius 3 is 2.07 bits per heavy atom. The van der Waals surface area contributed by atoms with Crippen molar-refractivity contribution in [2.45, 2.75) is 38.5 Å². The summed E-state index contributed by atoms with van der Waals surface area (Å²) in [5, 5.41) is 12.0. The predicted octanol–water partition coefficient (Wildman–Crippen LogP) is 3.83. The topological polar surface area (TPSA) is 101 Å². The van der Waals surface area contributed by atoms with Gasteiger partial charge in [-0.1, -0.05) is 37.1 Å². The van der Waals surface area contributed by atoms with Crippen LogP contribution in [0.1, 0.15) is 70.4 Å². The Hall–Kier alpha value is -3.28. The number of amides is 1. The van der Waals surface area contributed by atoms with E-state index in [1.165, 1.54) is 6.07 Å². The lowest BCUT2D eigenvalue weighted by Crippen LogP contribution is -2.28. The summed E-state index contributed by atoms with van der Waals surface area (Å²) in [6.07, 6.45) is 3.41. The van der Waals surface area contributed by atoms with E-state index in [-0.39, 0.29) is 35.9 Å². The first-order valence-corrected chi connectivity index (χ1v) is 9.73. The van der Waals surface area contributed by atoms with E-state index in [4.69, 9.17) is 0 Å². The molecular weight excluding hydrogens is 370 g/mol. The maximum absolute atomic E-state index is 12.8. The maximum atomic E-state index is 12.8. The molecule has 0 aromatic heterocycles. The van der Waals surface area contributed by atoms with E-state index in [0.29, 0.717) is 22.4 Å². The van der Waals surface area contributed by atoms with Crippen LogP contribution in [-0.4, -0.2) is 28.5 Å². The van der Waals surface area contributed by atoms with Crippen LogP contribution in [0.2, 0.25) is 0 Å². The second-order valence-electron chi connectivity index (χ2n) is 7.97. The van der Waals surface area contributed by atoms with Gasteiger partial charge in [-0.2, -0.15) is 0 Å². The van der Waals surface area contributed by atoms with Crippen LogP contribution in [-0.2, 0) is 9.59 Å². The third-order valence-electron chi connectivity index (χ3n) is 5.93. The summed E-state index contributed by atoms with van der Waals surface area (Å²) in [4.78, 5) is 49.3. The maximum Gasteiger partial charge on any atom is 0.303 e. The van der Waals surface area contributed by atoms with Gasteiger partial charge in [0.1, 0.15) is 0 Å². The van der Waals surface area contributed by atoms with E-state index in [2.05, 4.69) is 5.32 Å². The van der Waals surface area contributed by atoms with Gasteiger partial charge in [0.15, 0.2) is 11.6 Å². The summed E-state index contributed by atoms with van der Waals surface area (Å²) in [7, 11) is 0. The Morgan fingerprint density at radius 2 is 1.45 bits per heavy atom. The minimum atomic E-state index is -0.892. The van der Waals surface area contributed by atoms with Gasteiger partial charge < -0.3 is 10.4 Å². The normalized spacial score (nSPS) is 16.8. The predicted molar refractivity (Wildman–Crippen MR) is 106 cm³/mol. The van der Waals surface area contributed by atoms with Gasteiger partial charge in [0.05, 0.1) is 6.42 Å². The molecule has 0 radical (unpaired) electrons. The van der Waals surface area contributed by atoms with Crippen molar-refractivity contribution in [3.05, 3.63) is 64.7 Å². The fraction of sp³-hybridized carbons (Fsp3) is 0.304. The van der Waals surface area contributed by atoms with E-state index in [1.807, 2.05) is 0 Å². The van der Waals surface area contributed by atoms with Crippen LogP contribution < -0.4 is 5.32 Å². The molecule has 0 aliphatic heterocycles. The van der Waals surface area contributed by atoms with Gasteiger partial charge in [-0.15, -0.1) is 0 Å². The molecule has 0 saturated heterocycles. The number of carboxylic acid groups (broad SMARTS) is 1. The van der Waals surface area contributed by atoms with Crippen molar-refractivity contribution >= 4 is 29.1 Å². The molecule has 4 rings (SSSR count). The SMILES string of the molecule is O=C(O)CC1(CC(=O)Nc2ccc3c(c2)C(=O)c2ccccc2C3=O)CCCC1. The quantitative estimate of drug-likeness (QED) is 0.688. The lowest BCUT2D eigenvalue weighted by Gasteiger charge is -2.26. The minimum Gasteiger partial charge on any atom is -0.481 e. The number of carbonyl (C=O) groups is 4. The average Bonchev–Trinajstić information content (AvgIpc) is 3.13. The number of nitrogens with one attached hydrogen (secondary N) is 1. The van der Waals surface area contributed by atoms with Crippen LogP contribution in [0, 0.1) is 5.41 Å². The second-order valence-corrected chi connectivity index (χ2v) is 7.97. The summed E-state index contributed by atoms with van der Waals surface area (Å²) >= 11 is 0. The van der Waals surface area contributed by atoms with Crippen molar-refractivity contribution in [1.82, 2.24) is 0 Å². The van der Waals surface area contributed by atoms with Crippen molar-refractivity contribution in [3.8, 4) is 0 Å². The Kier molecular flexibility index (Phi) is 4.78. The second kappa shape index (κ2) is 7.28. The Morgan fingerprint density at radius 1 is 0.862 bits per heavy atom. The number of anilines is 1. The Balaban J connectivity index is 1.55. The first-order chi connectivity index (χ1) is 13.9. The molecule has 1 saturated carbocycles. The Labute approximate surface area is 167 Å². The standard InChI is InChI=1S/C23H21NO5/c25-19(12-23(13-20(26)27)9-3-4-10-23)24-14-7-8-17-18(11-14)22(29)16-6-2-1-5-15(16)21(17)28/h1-2,5-8,11H,3-4,9-10,12-13H2,(H,24,25)(H,26,27). The lowest BCUT2D eigenvalue weighted by molar-refractivity contribution is -0.140. The van der Waals surface area contributed by atoms with Gasteiger partial charge in [-0.3, -0.25) is 19.2 Å². The summed E-state index contributed by atoms with van der Waals surface area (Å²) in [5.41, 5.74) is 1.27. The molecule has 2 aromatic rings. The molecule has 0 atom stereocenters. The van der Waals surface area contributed by atoms with Crippen LogP contribution in [0.3, 0.4) is 0 Å². The van der Waals surface area contributed by atoms with Crippen molar-refractivity contribution in [3.63, 3.8) is 0 Å². The number of benzene rings is 2. The lowest BCUT2D eigenvalue weighted by atomic mass is 9.79. The monoisotopic (exact) mass is 391 g/mol. The van der Waals surface area contributed by atoms with E-state index in [0.717, 1.165) is 25.7 Å². The van der Waals surface area contributed by atoms with Gasteiger partial charge in [0, 0.05) is 34.4 Å². The molecule has 2 aliphatic rings.